The third kappa shape index (κ3) is 4.98. The lowest BCUT2D eigenvalue weighted by molar-refractivity contribution is 0.0870. The number of rotatable bonds is 7. The molecule has 0 aliphatic carbocycles. The normalized spacial score (nSPS) is 15.3. The van der Waals surface area contributed by atoms with Crippen molar-refractivity contribution in [2.75, 3.05) is 41.9 Å². The highest BCUT2D eigenvalue weighted by Crippen LogP contribution is 2.18. The average Bonchev–Trinajstić information content (AvgIpc) is 2.52. The van der Waals surface area contributed by atoms with Crippen LogP contribution in [0.2, 0.25) is 0 Å². The second kappa shape index (κ2) is 7.94. The molecule has 0 atom stereocenters. The number of hydrazine groups is 1. The fourth-order valence-electron chi connectivity index (χ4n) is 2.20. The number of hydrogen-bond acceptors (Lipinski definition) is 8. The van der Waals surface area contributed by atoms with E-state index in [4.69, 9.17) is 10.6 Å². The Kier molecular flexibility index (Phi) is 5.94. The van der Waals surface area contributed by atoms with Crippen molar-refractivity contribution in [2.45, 2.75) is 39.2 Å². The van der Waals surface area contributed by atoms with Gasteiger partial charge in [0.15, 0.2) is 0 Å². The lowest BCUT2D eigenvalue weighted by Gasteiger charge is -2.26. The van der Waals surface area contributed by atoms with Crippen LogP contribution in [0.25, 0.3) is 0 Å². The van der Waals surface area contributed by atoms with E-state index in [9.17, 15) is 0 Å². The van der Waals surface area contributed by atoms with Crippen LogP contribution >= 0.6 is 0 Å². The van der Waals surface area contributed by atoms with Gasteiger partial charge in [0.25, 0.3) is 0 Å². The first kappa shape index (κ1) is 15.7. The van der Waals surface area contributed by atoms with Gasteiger partial charge in [-0.3, -0.25) is 5.43 Å². The van der Waals surface area contributed by atoms with Gasteiger partial charge in [-0.25, -0.2) is 5.84 Å². The molecular weight excluding hydrogens is 270 g/mol. The fraction of sp³-hybridized carbons (Fsp3) is 0.769. The Hall–Kier alpha value is -1.67. The molecule has 1 saturated heterocycles. The van der Waals surface area contributed by atoms with E-state index in [-0.39, 0.29) is 6.10 Å². The summed E-state index contributed by atoms with van der Waals surface area (Å²) in [4.78, 5) is 15.2. The van der Waals surface area contributed by atoms with Gasteiger partial charge in [-0.1, -0.05) is 0 Å². The summed E-state index contributed by atoms with van der Waals surface area (Å²) in [7, 11) is 0. The van der Waals surface area contributed by atoms with Crippen LogP contribution in [0.3, 0.4) is 0 Å². The van der Waals surface area contributed by atoms with Crippen LogP contribution in [-0.4, -0.2) is 47.3 Å². The van der Waals surface area contributed by atoms with Gasteiger partial charge < -0.3 is 15.0 Å². The zero-order valence-electron chi connectivity index (χ0n) is 12.8. The zero-order valence-corrected chi connectivity index (χ0v) is 12.8. The second-order valence-corrected chi connectivity index (χ2v) is 5.32. The number of nitrogens with zero attached hydrogens (tertiary/aromatic N) is 4. The predicted octanol–water partition coefficient (Wildman–Crippen LogP) is 0.984. The Balaban J connectivity index is 1.99. The minimum atomic E-state index is 0.218. The molecule has 1 aliphatic heterocycles. The minimum Gasteiger partial charge on any atom is -0.377 e. The smallest absolute Gasteiger partial charge is 0.243 e. The molecule has 0 bridgehead atoms. The number of nitrogen functional groups attached to an aromatic ring is 1. The van der Waals surface area contributed by atoms with Crippen molar-refractivity contribution in [3.05, 3.63) is 0 Å². The first-order valence-electron chi connectivity index (χ1n) is 7.52. The number of aromatic nitrogens is 3. The highest BCUT2D eigenvalue weighted by Gasteiger charge is 2.15. The minimum absolute atomic E-state index is 0.218. The van der Waals surface area contributed by atoms with Crippen LogP contribution in [0.15, 0.2) is 0 Å². The summed E-state index contributed by atoms with van der Waals surface area (Å²) >= 11 is 0. The molecule has 1 aromatic rings. The Bertz CT molecular complexity index is 435. The maximum Gasteiger partial charge on any atom is 0.243 e. The van der Waals surface area contributed by atoms with Gasteiger partial charge in [0.1, 0.15) is 0 Å². The molecule has 2 heterocycles. The van der Waals surface area contributed by atoms with E-state index in [2.05, 4.69) is 30.6 Å². The summed E-state index contributed by atoms with van der Waals surface area (Å²) in [6.07, 6.45) is 3.82. The van der Waals surface area contributed by atoms with Crippen molar-refractivity contribution in [3.63, 3.8) is 0 Å². The number of hydrogen-bond donors (Lipinski definition) is 3. The average molecular weight is 295 g/mol. The Morgan fingerprint density at radius 2 is 1.86 bits per heavy atom. The van der Waals surface area contributed by atoms with E-state index in [1.54, 1.807) is 0 Å². The molecule has 0 saturated carbocycles. The second-order valence-electron chi connectivity index (χ2n) is 5.32. The number of nitrogens with two attached hydrogens (primary N) is 1. The molecule has 118 valence electrons. The van der Waals surface area contributed by atoms with E-state index >= 15 is 0 Å². The molecule has 0 amide bonds. The van der Waals surface area contributed by atoms with Crippen molar-refractivity contribution in [1.29, 1.82) is 0 Å². The van der Waals surface area contributed by atoms with E-state index in [0.717, 1.165) is 13.1 Å². The maximum atomic E-state index is 5.48. The van der Waals surface area contributed by atoms with Crippen LogP contribution in [-0.2, 0) is 4.74 Å². The first-order valence-corrected chi connectivity index (χ1v) is 7.52. The van der Waals surface area contributed by atoms with E-state index < -0.39 is 0 Å². The molecule has 0 aromatic carbocycles. The van der Waals surface area contributed by atoms with Gasteiger partial charge in [-0.05, 0) is 33.1 Å². The molecule has 0 spiro atoms. The zero-order chi connectivity index (χ0) is 15.1. The highest BCUT2D eigenvalue weighted by molar-refractivity contribution is 5.43. The molecule has 8 heteroatoms. The molecule has 21 heavy (non-hydrogen) atoms. The molecule has 8 nitrogen and oxygen atoms in total. The number of piperidine rings is 1. The van der Waals surface area contributed by atoms with Gasteiger partial charge in [0.2, 0.25) is 17.8 Å². The lowest BCUT2D eigenvalue weighted by Crippen LogP contribution is -2.32. The standard InChI is InChI=1S/C13H25N7O/c1-10(2)21-9-6-15-11-16-12(19-14)18-13(17-11)20-7-4-3-5-8-20/h10H,3-9,14H2,1-2H3,(H2,15,16,17,18,19). The highest BCUT2D eigenvalue weighted by atomic mass is 16.5. The predicted molar refractivity (Wildman–Crippen MR) is 83.3 cm³/mol. The SMILES string of the molecule is CC(C)OCCNc1nc(NN)nc(N2CCCCC2)n1. The van der Waals surface area contributed by atoms with Crippen molar-refractivity contribution >= 4 is 17.8 Å². The largest absolute Gasteiger partial charge is 0.377 e. The number of ether oxygens (including phenoxy) is 1. The van der Waals surface area contributed by atoms with Gasteiger partial charge in [-0.15, -0.1) is 0 Å². The summed E-state index contributed by atoms with van der Waals surface area (Å²) in [5, 5.41) is 3.14. The summed E-state index contributed by atoms with van der Waals surface area (Å²) < 4.78 is 5.48. The molecule has 1 fully saturated rings. The Labute approximate surface area is 125 Å². The van der Waals surface area contributed by atoms with Crippen molar-refractivity contribution in [3.8, 4) is 0 Å². The first-order chi connectivity index (χ1) is 10.2. The summed E-state index contributed by atoms with van der Waals surface area (Å²) in [6, 6.07) is 0. The molecule has 2 rings (SSSR count). The van der Waals surface area contributed by atoms with Gasteiger partial charge in [0, 0.05) is 19.6 Å². The lowest BCUT2D eigenvalue weighted by atomic mass is 10.1. The van der Waals surface area contributed by atoms with Crippen molar-refractivity contribution < 1.29 is 4.74 Å². The maximum absolute atomic E-state index is 5.48. The Morgan fingerprint density at radius 3 is 2.52 bits per heavy atom. The molecule has 0 unspecified atom stereocenters. The molecule has 4 N–H and O–H groups in total. The van der Waals surface area contributed by atoms with Crippen LogP contribution in [0.5, 0.6) is 0 Å². The van der Waals surface area contributed by atoms with E-state index in [1.165, 1.54) is 19.3 Å². The number of nitrogens with one attached hydrogen (secondary N) is 2. The monoisotopic (exact) mass is 295 g/mol. The molecule has 1 aromatic heterocycles. The van der Waals surface area contributed by atoms with Gasteiger partial charge >= 0.3 is 0 Å². The topological polar surface area (TPSA) is 101 Å². The van der Waals surface area contributed by atoms with E-state index in [1.807, 2.05) is 13.8 Å². The molecular formula is C13H25N7O. The Morgan fingerprint density at radius 1 is 1.14 bits per heavy atom. The van der Waals surface area contributed by atoms with Crippen molar-refractivity contribution in [2.24, 2.45) is 5.84 Å². The van der Waals surface area contributed by atoms with Gasteiger partial charge in [-0.2, -0.15) is 15.0 Å². The van der Waals surface area contributed by atoms with Gasteiger partial charge in [0.05, 0.1) is 12.7 Å². The molecule has 0 radical (unpaired) electrons. The quantitative estimate of drug-likeness (QED) is 0.389. The van der Waals surface area contributed by atoms with Crippen LogP contribution in [0.4, 0.5) is 17.8 Å². The third-order valence-corrected chi connectivity index (χ3v) is 3.23. The summed E-state index contributed by atoms with van der Waals surface area (Å²) in [6.45, 7) is 7.22. The fourth-order valence-corrected chi connectivity index (χ4v) is 2.20. The van der Waals surface area contributed by atoms with E-state index in [0.29, 0.717) is 31.0 Å². The van der Waals surface area contributed by atoms with Crippen molar-refractivity contribution in [1.82, 2.24) is 15.0 Å². The third-order valence-electron chi connectivity index (χ3n) is 3.23. The number of anilines is 3. The molecule has 1 aliphatic rings. The van der Waals surface area contributed by atoms with Crippen LogP contribution < -0.4 is 21.5 Å². The van der Waals surface area contributed by atoms with Crippen LogP contribution in [0, 0.1) is 0 Å². The summed E-state index contributed by atoms with van der Waals surface area (Å²) in [5.41, 5.74) is 2.50. The summed E-state index contributed by atoms with van der Waals surface area (Å²) in [5.74, 6) is 7.00. The van der Waals surface area contributed by atoms with Crippen LogP contribution in [0.1, 0.15) is 33.1 Å².